The molecule has 0 fully saturated rings. The van der Waals surface area contributed by atoms with Crippen molar-refractivity contribution in [2.45, 2.75) is 32.6 Å². The molecule has 18 heavy (non-hydrogen) atoms. The number of aryl methyl sites for hydroxylation is 2. The van der Waals surface area contributed by atoms with Crippen molar-refractivity contribution in [3.8, 4) is 0 Å². The van der Waals surface area contributed by atoms with E-state index < -0.39 is 0 Å². The fourth-order valence-corrected chi connectivity index (χ4v) is 1.88. The molecule has 1 heterocycles. The van der Waals surface area contributed by atoms with Gasteiger partial charge >= 0.3 is 0 Å². The highest BCUT2D eigenvalue weighted by atomic mass is 16.4. The molecule has 3 nitrogen and oxygen atoms in total. The van der Waals surface area contributed by atoms with Crippen molar-refractivity contribution in [2.75, 3.05) is 12.4 Å². The van der Waals surface area contributed by atoms with E-state index in [0.717, 1.165) is 18.5 Å². The van der Waals surface area contributed by atoms with Crippen molar-refractivity contribution in [1.82, 2.24) is 4.98 Å². The molecule has 0 radical (unpaired) electrons. The standard InChI is InChI=1S/C15H20N2O/c1-11(2)13-7-4-12(5-8-13)6-9-14-10-18-15(16-3)17-14/h4-5,7-8,10-11H,6,9H2,1-3H3,(H,16,17). The molecule has 0 aliphatic rings. The number of rotatable bonds is 5. The average molecular weight is 244 g/mol. The average Bonchev–Trinajstić information content (AvgIpc) is 2.85. The summed E-state index contributed by atoms with van der Waals surface area (Å²) >= 11 is 0. The number of oxazole rings is 1. The molecule has 0 amide bonds. The molecule has 1 aromatic heterocycles. The van der Waals surface area contributed by atoms with Crippen molar-refractivity contribution in [3.05, 3.63) is 47.3 Å². The Morgan fingerprint density at radius 2 is 1.89 bits per heavy atom. The van der Waals surface area contributed by atoms with Gasteiger partial charge in [-0.1, -0.05) is 38.1 Å². The highest BCUT2D eigenvalue weighted by Gasteiger charge is 2.03. The summed E-state index contributed by atoms with van der Waals surface area (Å²) in [5, 5.41) is 2.89. The molecule has 0 bridgehead atoms. The maximum atomic E-state index is 5.23. The summed E-state index contributed by atoms with van der Waals surface area (Å²) in [6.45, 7) is 4.42. The Kier molecular flexibility index (Phi) is 4.03. The van der Waals surface area contributed by atoms with E-state index in [1.165, 1.54) is 11.1 Å². The fourth-order valence-electron chi connectivity index (χ4n) is 1.88. The number of aromatic nitrogens is 1. The summed E-state index contributed by atoms with van der Waals surface area (Å²) < 4.78 is 5.23. The second-order valence-electron chi connectivity index (χ2n) is 4.79. The van der Waals surface area contributed by atoms with Crippen LogP contribution in [0.3, 0.4) is 0 Å². The second kappa shape index (κ2) is 5.71. The minimum Gasteiger partial charge on any atom is -0.432 e. The van der Waals surface area contributed by atoms with Crippen LogP contribution >= 0.6 is 0 Å². The predicted octanol–water partition coefficient (Wildman–Crippen LogP) is 3.62. The lowest BCUT2D eigenvalue weighted by atomic mass is 10.00. The third-order valence-electron chi connectivity index (χ3n) is 3.08. The van der Waals surface area contributed by atoms with Gasteiger partial charge in [-0.15, -0.1) is 0 Å². The highest BCUT2D eigenvalue weighted by molar-refractivity contribution is 5.26. The van der Waals surface area contributed by atoms with E-state index in [0.29, 0.717) is 11.9 Å². The molecular formula is C15H20N2O. The molecular weight excluding hydrogens is 224 g/mol. The highest BCUT2D eigenvalue weighted by Crippen LogP contribution is 2.16. The summed E-state index contributed by atoms with van der Waals surface area (Å²) in [6, 6.07) is 9.41. The predicted molar refractivity (Wildman–Crippen MR) is 74.0 cm³/mol. The number of hydrogen-bond donors (Lipinski definition) is 1. The quantitative estimate of drug-likeness (QED) is 0.872. The van der Waals surface area contributed by atoms with Crippen LogP contribution in [-0.4, -0.2) is 12.0 Å². The van der Waals surface area contributed by atoms with E-state index in [1.54, 1.807) is 13.3 Å². The van der Waals surface area contributed by atoms with E-state index in [-0.39, 0.29) is 0 Å². The molecule has 2 aromatic rings. The molecule has 0 atom stereocenters. The second-order valence-corrected chi connectivity index (χ2v) is 4.79. The lowest BCUT2D eigenvalue weighted by molar-refractivity contribution is 0.573. The van der Waals surface area contributed by atoms with Crippen LogP contribution in [0.2, 0.25) is 0 Å². The lowest BCUT2D eigenvalue weighted by Crippen LogP contribution is -1.94. The maximum Gasteiger partial charge on any atom is 0.294 e. The van der Waals surface area contributed by atoms with Crippen LogP contribution in [0.4, 0.5) is 6.01 Å². The zero-order chi connectivity index (χ0) is 13.0. The van der Waals surface area contributed by atoms with Crippen LogP contribution < -0.4 is 5.32 Å². The number of nitrogens with zero attached hydrogens (tertiary/aromatic N) is 1. The minimum absolute atomic E-state index is 0.583. The third-order valence-corrected chi connectivity index (χ3v) is 3.08. The van der Waals surface area contributed by atoms with Gasteiger partial charge in [-0.25, -0.2) is 0 Å². The first-order valence-corrected chi connectivity index (χ1v) is 6.40. The Balaban J connectivity index is 1.93. The summed E-state index contributed by atoms with van der Waals surface area (Å²) in [6.07, 6.45) is 3.62. The summed E-state index contributed by atoms with van der Waals surface area (Å²) in [7, 11) is 1.81. The van der Waals surface area contributed by atoms with Gasteiger partial charge in [0.15, 0.2) is 0 Å². The van der Waals surface area contributed by atoms with E-state index in [1.807, 2.05) is 0 Å². The fraction of sp³-hybridized carbons (Fsp3) is 0.400. The van der Waals surface area contributed by atoms with Crippen molar-refractivity contribution in [1.29, 1.82) is 0 Å². The summed E-state index contributed by atoms with van der Waals surface area (Å²) in [5.41, 5.74) is 3.72. The number of anilines is 1. The van der Waals surface area contributed by atoms with Crippen LogP contribution in [0.15, 0.2) is 34.9 Å². The van der Waals surface area contributed by atoms with Crippen LogP contribution in [0.5, 0.6) is 0 Å². The molecule has 2 rings (SSSR count). The first kappa shape index (κ1) is 12.7. The van der Waals surface area contributed by atoms with Gasteiger partial charge in [-0.3, -0.25) is 0 Å². The first-order chi connectivity index (χ1) is 8.69. The maximum absolute atomic E-state index is 5.23. The third kappa shape index (κ3) is 3.13. The zero-order valence-corrected chi connectivity index (χ0v) is 11.2. The Morgan fingerprint density at radius 3 is 2.44 bits per heavy atom. The van der Waals surface area contributed by atoms with Crippen molar-refractivity contribution in [3.63, 3.8) is 0 Å². The molecule has 1 N–H and O–H groups in total. The van der Waals surface area contributed by atoms with Crippen LogP contribution in [0.1, 0.15) is 36.6 Å². The Hall–Kier alpha value is -1.77. The van der Waals surface area contributed by atoms with Crippen LogP contribution in [0.25, 0.3) is 0 Å². The van der Waals surface area contributed by atoms with Gasteiger partial charge in [-0.05, 0) is 29.9 Å². The van der Waals surface area contributed by atoms with E-state index in [9.17, 15) is 0 Å². The smallest absolute Gasteiger partial charge is 0.294 e. The van der Waals surface area contributed by atoms with Crippen LogP contribution in [0, 0.1) is 0 Å². The van der Waals surface area contributed by atoms with E-state index >= 15 is 0 Å². The molecule has 3 heteroatoms. The topological polar surface area (TPSA) is 38.1 Å². The molecule has 0 aliphatic carbocycles. The van der Waals surface area contributed by atoms with Crippen molar-refractivity contribution in [2.24, 2.45) is 0 Å². The largest absolute Gasteiger partial charge is 0.432 e. The zero-order valence-electron chi connectivity index (χ0n) is 11.2. The Bertz CT molecular complexity index is 485. The normalized spacial score (nSPS) is 10.9. The molecule has 0 aliphatic heterocycles. The molecule has 0 saturated heterocycles. The van der Waals surface area contributed by atoms with Gasteiger partial charge in [0.25, 0.3) is 6.01 Å². The van der Waals surface area contributed by atoms with Gasteiger partial charge in [-0.2, -0.15) is 4.98 Å². The SMILES string of the molecule is CNc1nc(CCc2ccc(C(C)C)cc2)co1. The monoisotopic (exact) mass is 244 g/mol. The van der Waals surface area contributed by atoms with Gasteiger partial charge < -0.3 is 9.73 Å². The van der Waals surface area contributed by atoms with E-state index in [2.05, 4.69) is 48.4 Å². The van der Waals surface area contributed by atoms with E-state index in [4.69, 9.17) is 4.42 Å². The van der Waals surface area contributed by atoms with Crippen molar-refractivity contribution < 1.29 is 4.42 Å². The Morgan fingerprint density at radius 1 is 1.17 bits per heavy atom. The molecule has 0 spiro atoms. The van der Waals surface area contributed by atoms with Gasteiger partial charge in [0.2, 0.25) is 0 Å². The number of benzene rings is 1. The van der Waals surface area contributed by atoms with Gasteiger partial charge in [0.05, 0.1) is 5.69 Å². The van der Waals surface area contributed by atoms with Gasteiger partial charge in [0, 0.05) is 7.05 Å². The van der Waals surface area contributed by atoms with Gasteiger partial charge in [0.1, 0.15) is 6.26 Å². The summed E-state index contributed by atoms with van der Waals surface area (Å²) in [5.74, 6) is 0.591. The Labute approximate surface area is 108 Å². The molecule has 0 unspecified atom stereocenters. The lowest BCUT2D eigenvalue weighted by Gasteiger charge is -2.06. The van der Waals surface area contributed by atoms with Crippen molar-refractivity contribution >= 4 is 6.01 Å². The summed E-state index contributed by atoms with van der Waals surface area (Å²) in [4.78, 5) is 4.31. The van der Waals surface area contributed by atoms with Crippen LogP contribution in [-0.2, 0) is 12.8 Å². The number of nitrogens with one attached hydrogen (secondary N) is 1. The first-order valence-electron chi connectivity index (χ1n) is 6.40. The number of hydrogen-bond acceptors (Lipinski definition) is 3. The minimum atomic E-state index is 0.583. The molecule has 0 saturated carbocycles. The molecule has 1 aromatic carbocycles. The molecule has 96 valence electrons.